The number of hydrogen-bond donors (Lipinski definition) is 9. The van der Waals surface area contributed by atoms with Crippen molar-refractivity contribution in [2.45, 2.75) is 30.6 Å². The molecule has 0 fully saturated rings. The zero-order valence-electron chi connectivity index (χ0n) is 17.0. The average Bonchev–Trinajstić information content (AvgIpc) is 2.68. The number of aliphatic carboxylic acids is 4. The van der Waals surface area contributed by atoms with Crippen LogP contribution in [0.2, 0.25) is 0 Å². The molecule has 0 radical (unpaired) electrons. The molecular weight excluding hydrogens is 546 g/mol. The van der Waals surface area contributed by atoms with Crippen LogP contribution in [0.5, 0.6) is 0 Å². The molecule has 180 valence electrons. The summed E-state index contributed by atoms with van der Waals surface area (Å²) >= 11 is 5.25. The zero-order chi connectivity index (χ0) is 24.3. The van der Waals surface area contributed by atoms with Crippen LogP contribution in [0.1, 0.15) is 6.42 Å². The minimum Gasteiger partial charge on any atom is -0.480 e. The van der Waals surface area contributed by atoms with Crippen LogP contribution >= 0.6 is 46.0 Å². The third-order valence-electron chi connectivity index (χ3n) is 2.68. The Bertz CT molecular complexity index is 503. The van der Waals surface area contributed by atoms with Crippen LogP contribution in [-0.2, 0) is 38.7 Å². The van der Waals surface area contributed by atoms with Crippen molar-refractivity contribution >= 4 is 69.9 Å². The largest absolute Gasteiger partial charge is 0.480 e. The number of carboxylic acid groups (broad SMARTS) is 4. The molecule has 0 saturated carbocycles. The summed E-state index contributed by atoms with van der Waals surface area (Å²) in [5, 5.41) is 33.1. The van der Waals surface area contributed by atoms with Gasteiger partial charge in [-0.25, -0.2) is 0 Å². The van der Waals surface area contributed by atoms with Crippen molar-refractivity contribution in [2.24, 2.45) is 22.9 Å². The molecule has 4 unspecified atom stereocenters. The Hall–Kier alpha value is -0.257. The van der Waals surface area contributed by atoms with Gasteiger partial charge in [-0.1, -0.05) is 21.6 Å². The van der Waals surface area contributed by atoms with Gasteiger partial charge in [0.2, 0.25) is 0 Å². The third kappa shape index (κ3) is 27.7. The third-order valence-corrected chi connectivity index (χ3v) is 6.19. The van der Waals surface area contributed by atoms with E-state index in [1.165, 1.54) is 21.6 Å². The van der Waals surface area contributed by atoms with Crippen LogP contribution in [-0.4, -0.2) is 97.7 Å². The van der Waals surface area contributed by atoms with Crippen LogP contribution in [0.4, 0.5) is 0 Å². The van der Waals surface area contributed by atoms with Crippen molar-refractivity contribution in [3.63, 3.8) is 0 Å². The molecule has 0 aliphatic heterocycles. The summed E-state index contributed by atoms with van der Waals surface area (Å²) in [6, 6.07) is -3.34. The van der Waals surface area contributed by atoms with Gasteiger partial charge >= 0.3 is 23.9 Å². The number of thiol groups is 1. The summed E-state index contributed by atoms with van der Waals surface area (Å²) in [6.07, 6.45) is 2.48. The molecular formula is C14H30N4O8S4Zn. The van der Waals surface area contributed by atoms with Gasteiger partial charge in [-0.05, 0) is 18.4 Å². The summed E-state index contributed by atoms with van der Waals surface area (Å²) in [5.41, 5.74) is 20.6. The van der Waals surface area contributed by atoms with Crippen LogP contribution in [0.25, 0.3) is 0 Å². The second kappa shape index (κ2) is 24.4. The quantitative estimate of drug-likeness (QED) is 0.0533. The summed E-state index contributed by atoms with van der Waals surface area (Å²) < 4.78 is 0. The topological polar surface area (TPSA) is 253 Å². The van der Waals surface area contributed by atoms with E-state index >= 15 is 0 Å². The number of carboxylic acids is 4. The Morgan fingerprint density at radius 1 is 0.742 bits per heavy atom. The minimum atomic E-state index is -1.07. The predicted molar refractivity (Wildman–Crippen MR) is 124 cm³/mol. The van der Waals surface area contributed by atoms with Gasteiger partial charge in [0.25, 0.3) is 0 Å². The predicted octanol–water partition coefficient (Wildman–Crippen LogP) is -1.33. The first-order valence-corrected chi connectivity index (χ1v) is 12.6. The van der Waals surface area contributed by atoms with E-state index in [-0.39, 0.29) is 36.7 Å². The number of hydrogen-bond acceptors (Lipinski definition) is 12. The fourth-order valence-electron chi connectivity index (χ4n) is 0.832. The van der Waals surface area contributed by atoms with Crippen LogP contribution in [0, 0.1) is 0 Å². The Morgan fingerprint density at radius 3 is 1.26 bits per heavy atom. The Labute approximate surface area is 210 Å². The molecule has 0 saturated heterocycles. The van der Waals surface area contributed by atoms with E-state index in [1.54, 1.807) is 11.8 Å². The van der Waals surface area contributed by atoms with E-state index < -0.39 is 48.0 Å². The zero-order valence-corrected chi connectivity index (χ0v) is 23.3. The van der Waals surface area contributed by atoms with Gasteiger partial charge in [-0.3, -0.25) is 19.2 Å². The van der Waals surface area contributed by atoms with Crippen molar-refractivity contribution < 1.29 is 59.1 Å². The molecule has 0 aromatic heterocycles. The average molecular weight is 576 g/mol. The fourth-order valence-corrected chi connectivity index (χ4v) is 3.71. The summed E-state index contributed by atoms with van der Waals surface area (Å²) in [6.45, 7) is 0. The van der Waals surface area contributed by atoms with Gasteiger partial charge in [0.05, 0.1) is 0 Å². The smallest absolute Gasteiger partial charge is 0.321 e. The maximum Gasteiger partial charge on any atom is 0.321 e. The Balaban J connectivity index is -0.000000186. The van der Waals surface area contributed by atoms with E-state index in [0.29, 0.717) is 6.42 Å². The van der Waals surface area contributed by atoms with E-state index in [4.69, 9.17) is 43.4 Å². The summed E-state index contributed by atoms with van der Waals surface area (Å²) in [7, 11) is 2.41. The van der Waals surface area contributed by atoms with Gasteiger partial charge in [0, 0.05) is 36.7 Å². The maximum atomic E-state index is 10.3. The first-order chi connectivity index (χ1) is 13.8. The first-order valence-electron chi connectivity index (χ1n) is 8.09. The van der Waals surface area contributed by atoms with Crippen LogP contribution < -0.4 is 22.9 Å². The van der Waals surface area contributed by atoms with Crippen molar-refractivity contribution in [2.75, 3.05) is 29.3 Å². The van der Waals surface area contributed by atoms with E-state index in [2.05, 4.69) is 12.6 Å². The molecule has 0 aliphatic rings. The van der Waals surface area contributed by atoms with Gasteiger partial charge < -0.3 is 43.4 Å². The molecule has 4 atom stereocenters. The number of carbonyl (C=O) groups is 4. The molecule has 0 amide bonds. The van der Waals surface area contributed by atoms with Crippen molar-refractivity contribution in [1.29, 1.82) is 0 Å². The molecule has 0 bridgehead atoms. The summed E-state index contributed by atoms with van der Waals surface area (Å²) in [5.74, 6) is -2.60. The second-order valence-electron chi connectivity index (χ2n) is 5.31. The van der Waals surface area contributed by atoms with Gasteiger partial charge in [-0.2, -0.15) is 24.4 Å². The molecule has 12 nitrogen and oxygen atoms in total. The number of rotatable bonds is 13. The molecule has 31 heavy (non-hydrogen) atoms. The number of nitrogens with two attached hydrogens (primary N) is 4. The summed E-state index contributed by atoms with van der Waals surface area (Å²) in [4.78, 5) is 40.4. The number of thioether (sulfide) groups is 1. The van der Waals surface area contributed by atoms with E-state index in [0.717, 1.165) is 5.75 Å². The van der Waals surface area contributed by atoms with Gasteiger partial charge in [0.15, 0.2) is 0 Å². The maximum absolute atomic E-state index is 10.3. The van der Waals surface area contributed by atoms with Crippen molar-refractivity contribution in [3.05, 3.63) is 0 Å². The Morgan fingerprint density at radius 2 is 1.06 bits per heavy atom. The molecule has 12 N–H and O–H groups in total. The normalized spacial score (nSPS) is 13.5. The van der Waals surface area contributed by atoms with E-state index in [1.807, 2.05) is 6.26 Å². The molecule has 0 heterocycles. The molecule has 0 spiro atoms. The standard InChI is InChI=1S/C6H12N2O4S2.C5H11NO2S.C3H7NO2S.Zn/c7-3(5(9)10)1-13-14-2-4(8)6(11)12;1-9-3-2-4(6)5(7)8;4-2(1-7)3(5)6;/h3-4H,1-2,7-8H2,(H,9,10)(H,11,12);4H,2-3,6H2,1H3,(H,7,8);2,7H,1,4H2,(H,5,6);. The monoisotopic (exact) mass is 574 g/mol. The van der Waals surface area contributed by atoms with Crippen molar-refractivity contribution in [1.82, 2.24) is 0 Å². The fraction of sp³-hybridized carbons (Fsp3) is 0.714. The first kappa shape index (κ1) is 38.0. The van der Waals surface area contributed by atoms with E-state index in [9.17, 15) is 19.2 Å². The molecule has 0 rings (SSSR count). The molecule has 0 aromatic carbocycles. The van der Waals surface area contributed by atoms with Gasteiger partial charge in [-0.15, -0.1) is 0 Å². The van der Waals surface area contributed by atoms with Crippen LogP contribution in [0.3, 0.4) is 0 Å². The van der Waals surface area contributed by atoms with Crippen molar-refractivity contribution in [3.8, 4) is 0 Å². The van der Waals surface area contributed by atoms with Gasteiger partial charge in [0.1, 0.15) is 24.2 Å². The molecule has 0 aromatic rings. The SMILES string of the molecule is CSCCC(N)C(=O)O.NC(CS)C(=O)O.NC(CSSCC(N)C(=O)O)C(=O)O.[Zn]. The molecule has 17 heteroatoms. The van der Waals surface area contributed by atoms with Crippen LogP contribution in [0.15, 0.2) is 0 Å². The second-order valence-corrected chi connectivity index (χ2v) is 9.22. The minimum absolute atomic E-state index is 0. The molecule has 0 aliphatic carbocycles. The Kier molecular flexibility index (Phi) is 29.9.